The second kappa shape index (κ2) is 6.64. The second-order valence-corrected chi connectivity index (χ2v) is 4.26. The van der Waals surface area contributed by atoms with Crippen LogP contribution in [0.15, 0.2) is 24.4 Å². The van der Waals surface area contributed by atoms with Gasteiger partial charge in [-0.25, -0.2) is 14.3 Å². The van der Waals surface area contributed by atoms with Crippen LogP contribution in [-0.2, 0) is 16.0 Å². The highest BCUT2D eigenvalue weighted by molar-refractivity contribution is 6.00. The lowest BCUT2D eigenvalue weighted by molar-refractivity contribution is -0.385. The van der Waals surface area contributed by atoms with Crippen molar-refractivity contribution in [2.45, 2.75) is 6.54 Å². The monoisotopic (exact) mass is 320 g/mol. The van der Waals surface area contributed by atoms with Gasteiger partial charge in [-0.1, -0.05) is 6.07 Å². The molecule has 0 aliphatic rings. The molecule has 0 aliphatic carbocycles. The minimum Gasteiger partial charge on any atom is -0.464 e. The standard InChI is InChI=1S/C13H12N4O6/c1-22-12(18)9-10(17(20)21)11(13(19)23-2)16(15-9)7-8-5-3-4-6-14-8/h3-6H,7H2,1-2H3. The van der Waals surface area contributed by atoms with E-state index in [0.717, 1.165) is 18.9 Å². The second-order valence-electron chi connectivity index (χ2n) is 4.26. The zero-order valence-corrected chi connectivity index (χ0v) is 12.3. The van der Waals surface area contributed by atoms with Crippen molar-refractivity contribution >= 4 is 17.6 Å². The molecule has 23 heavy (non-hydrogen) atoms. The van der Waals surface area contributed by atoms with Gasteiger partial charge in [-0.05, 0) is 12.1 Å². The number of nitrogens with zero attached hydrogens (tertiary/aromatic N) is 4. The Hall–Kier alpha value is -3.30. The molecule has 0 fully saturated rings. The van der Waals surface area contributed by atoms with Crippen LogP contribution in [0, 0.1) is 10.1 Å². The number of ether oxygens (including phenoxy) is 2. The average Bonchev–Trinajstić information content (AvgIpc) is 2.93. The van der Waals surface area contributed by atoms with Crippen LogP contribution in [0.25, 0.3) is 0 Å². The maximum Gasteiger partial charge on any atom is 0.365 e. The fourth-order valence-corrected chi connectivity index (χ4v) is 1.92. The summed E-state index contributed by atoms with van der Waals surface area (Å²) in [4.78, 5) is 38.1. The van der Waals surface area contributed by atoms with E-state index < -0.39 is 33.9 Å². The molecule has 0 saturated heterocycles. The Balaban J connectivity index is 2.62. The van der Waals surface area contributed by atoms with Gasteiger partial charge in [0.15, 0.2) is 0 Å². The van der Waals surface area contributed by atoms with Gasteiger partial charge < -0.3 is 9.47 Å². The maximum atomic E-state index is 11.9. The van der Waals surface area contributed by atoms with Crippen molar-refractivity contribution in [1.82, 2.24) is 14.8 Å². The summed E-state index contributed by atoms with van der Waals surface area (Å²) in [6.07, 6.45) is 1.52. The highest BCUT2D eigenvalue weighted by Crippen LogP contribution is 2.25. The molecule has 0 atom stereocenters. The molecule has 10 nitrogen and oxygen atoms in total. The van der Waals surface area contributed by atoms with Crippen LogP contribution in [0.2, 0.25) is 0 Å². The lowest BCUT2D eigenvalue weighted by atomic mass is 10.2. The van der Waals surface area contributed by atoms with Crippen LogP contribution in [-0.4, -0.2) is 45.8 Å². The van der Waals surface area contributed by atoms with Crippen molar-refractivity contribution in [2.75, 3.05) is 14.2 Å². The van der Waals surface area contributed by atoms with Gasteiger partial charge in [-0.15, -0.1) is 0 Å². The molecule has 0 amide bonds. The quantitative estimate of drug-likeness (QED) is 0.450. The summed E-state index contributed by atoms with van der Waals surface area (Å²) in [5.41, 5.74) is -1.30. The minimum atomic E-state index is -1.03. The molecule has 0 radical (unpaired) electrons. The molecule has 0 saturated carbocycles. The molecule has 0 spiro atoms. The van der Waals surface area contributed by atoms with Crippen molar-refractivity contribution in [3.8, 4) is 0 Å². The predicted octanol–water partition coefficient (Wildman–Crippen LogP) is 0.808. The molecule has 10 heteroatoms. The first-order chi connectivity index (χ1) is 11.0. The fourth-order valence-electron chi connectivity index (χ4n) is 1.92. The van der Waals surface area contributed by atoms with E-state index in [1.807, 2.05) is 0 Å². The first-order valence-electron chi connectivity index (χ1n) is 6.31. The number of esters is 2. The van der Waals surface area contributed by atoms with Crippen LogP contribution in [0.1, 0.15) is 26.7 Å². The highest BCUT2D eigenvalue weighted by atomic mass is 16.6. The number of pyridine rings is 1. The van der Waals surface area contributed by atoms with Gasteiger partial charge in [0.2, 0.25) is 11.4 Å². The molecule has 0 aliphatic heterocycles. The summed E-state index contributed by atoms with van der Waals surface area (Å²) in [5, 5.41) is 15.1. The number of hydrogen-bond acceptors (Lipinski definition) is 8. The molecule has 2 aromatic heterocycles. The average molecular weight is 320 g/mol. The number of hydrogen-bond donors (Lipinski definition) is 0. The molecule has 0 aromatic carbocycles. The van der Waals surface area contributed by atoms with Gasteiger partial charge >= 0.3 is 17.6 Å². The summed E-state index contributed by atoms with van der Waals surface area (Å²) in [6, 6.07) is 5.04. The largest absolute Gasteiger partial charge is 0.464 e. The summed E-state index contributed by atoms with van der Waals surface area (Å²) in [7, 11) is 2.13. The number of carbonyl (C=O) groups is 2. The van der Waals surface area contributed by atoms with Crippen LogP contribution in [0.4, 0.5) is 5.69 Å². The zero-order valence-electron chi connectivity index (χ0n) is 12.3. The summed E-state index contributed by atoms with van der Waals surface area (Å²) in [5.74, 6) is -2.02. The molecule has 120 valence electrons. The van der Waals surface area contributed by atoms with E-state index in [1.54, 1.807) is 18.2 Å². The third-order valence-corrected chi connectivity index (χ3v) is 2.91. The Bertz CT molecular complexity index is 755. The highest BCUT2D eigenvalue weighted by Gasteiger charge is 2.37. The van der Waals surface area contributed by atoms with Gasteiger partial charge in [-0.3, -0.25) is 15.1 Å². The van der Waals surface area contributed by atoms with Crippen LogP contribution >= 0.6 is 0 Å². The molecule has 2 heterocycles. The topological polar surface area (TPSA) is 126 Å². The summed E-state index contributed by atoms with van der Waals surface area (Å²) >= 11 is 0. The van der Waals surface area contributed by atoms with Crippen molar-refractivity contribution in [3.63, 3.8) is 0 Å². The zero-order chi connectivity index (χ0) is 17.0. The number of nitro groups is 1. The molecular weight excluding hydrogens is 308 g/mol. The Kier molecular flexibility index (Phi) is 4.64. The van der Waals surface area contributed by atoms with Crippen molar-refractivity contribution in [1.29, 1.82) is 0 Å². The molecule has 0 N–H and O–H groups in total. The fraction of sp³-hybridized carbons (Fsp3) is 0.231. The van der Waals surface area contributed by atoms with E-state index in [0.29, 0.717) is 5.69 Å². The smallest absolute Gasteiger partial charge is 0.365 e. The third kappa shape index (κ3) is 3.15. The summed E-state index contributed by atoms with van der Waals surface area (Å²) in [6.45, 7) is -0.0525. The Morgan fingerprint density at radius 2 is 1.96 bits per heavy atom. The van der Waals surface area contributed by atoms with Gasteiger partial charge in [0.25, 0.3) is 0 Å². The van der Waals surface area contributed by atoms with E-state index in [2.05, 4.69) is 19.6 Å². The van der Waals surface area contributed by atoms with Gasteiger partial charge in [0, 0.05) is 6.20 Å². The molecule has 2 rings (SSSR count). The lowest BCUT2D eigenvalue weighted by Gasteiger charge is -2.04. The van der Waals surface area contributed by atoms with Gasteiger partial charge in [0.1, 0.15) is 0 Å². The van der Waals surface area contributed by atoms with E-state index in [4.69, 9.17) is 0 Å². The van der Waals surface area contributed by atoms with Crippen molar-refractivity contribution in [3.05, 3.63) is 51.6 Å². The minimum absolute atomic E-state index is 0.0525. The Morgan fingerprint density at radius 3 is 2.48 bits per heavy atom. The first kappa shape index (κ1) is 16.1. The number of aromatic nitrogens is 3. The lowest BCUT2D eigenvalue weighted by Crippen LogP contribution is -2.14. The molecule has 2 aromatic rings. The van der Waals surface area contributed by atoms with E-state index in [1.165, 1.54) is 6.20 Å². The van der Waals surface area contributed by atoms with Gasteiger partial charge in [-0.2, -0.15) is 5.10 Å². The summed E-state index contributed by atoms with van der Waals surface area (Å²) < 4.78 is 10.0. The van der Waals surface area contributed by atoms with E-state index in [-0.39, 0.29) is 6.54 Å². The van der Waals surface area contributed by atoms with Crippen LogP contribution < -0.4 is 0 Å². The maximum absolute atomic E-state index is 11.9. The molecule has 0 unspecified atom stereocenters. The van der Waals surface area contributed by atoms with Crippen molar-refractivity contribution in [2.24, 2.45) is 0 Å². The molecule has 0 bridgehead atoms. The number of rotatable bonds is 5. The number of carbonyl (C=O) groups excluding carboxylic acids is 2. The van der Waals surface area contributed by atoms with Crippen LogP contribution in [0.3, 0.4) is 0 Å². The first-order valence-corrected chi connectivity index (χ1v) is 6.31. The van der Waals surface area contributed by atoms with Crippen LogP contribution in [0.5, 0.6) is 0 Å². The Labute approximate surface area is 129 Å². The third-order valence-electron chi connectivity index (χ3n) is 2.91. The Morgan fingerprint density at radius 1 is 1.26 bits per heavy atom. The van der Waals surface area contributed by atoms with E-state index in [9.17, 15) is 19.7 Å². The molecular formula is C13H12N4O6. The van der Waals surface area contributed by atoms with Crippen molar-refractivity contribution < 1.29 is 24.0 Å². The van der Waals surface area contributed by atoms with Gasteiger partial charge in [0.05, 0.1) is 31.4 Å². The van der Waals surface area contributed by atoms with E-state index >= 15 is 0 Å². The normalized spacial score (nSPS) is 10.2. The predicted molar refractivity (Wildman–Crippen MR) is 74.9 cm³/mol. The number of methoxy groups -OCH3 is 2. The SMILES string of the molecule is COC(=O)c1nn(Cc2ccccn2)c(C(=O)OC)c1[N+](=O)[O-].